The molecule has 2 rings (SSSR count). The molecule has 4 atom stereocenters. The summed E-state index contributed by atoms with van der Waals surface area (Å²) in [7, 11) is 0. The van der Waals surface area contributed by atoms with Crippen LogP contribution < -0.4 is 0 Å². The molecule has 2 fully saturated rings. The number of hydrogen-bond donors (Lipinski definition) is 2. The minimum atomic E-state index is -0.216. The fourth-order valence-electron chi connectivity index (χ4n) is 6.85. The van der Waals surface area contributed by atoms with Gasteiger partial charge in [-0.25, -0.2) is 0 Å². The molecule has 0 radical (unpaired) electrons. The predicted molar refractivity (Wildman–Crippen MR) is 136 cm³/mol. The first kappa shape index (κ1) is 31.8. The molecular weight excluding hydrogens is 400 g/mol. The summed E-state index contributed by atoms with van der Waals surface area (Å²) >= 11 is 0. The third kappa shape index (κ3) is 6.93. The summed E-state index contributed by atoms with van der Waals surface area (Å²) in [6.07, 6.45) is 4.09. The smallest absolute Gasteiger partial charge is 0.0606 e. The lowest BCUT2D eigenvalue weighted by atomic mass is 9.52. The van der Waals surface area contributed by atoms with Crippen molar-refractivity contribution >= 4 is 0 Å². The van der Waals surface area contributed by atoms with Crippen molar-refractivity contribution in [3.63, 3.8) is 0 Å². The van der Waals surface area contributed by atoms with Gasteiger partial charge in [0.1, 0.15) is 0 Å². The third-order valence-corrected chi connectivity index (χ3v) is 8.99. The van der Waals surface area contributed by atoms with Crippen LogP contribution in [-0.4, -0.2) is 33.4 Å². The molecule has 6 N–H and O–H groups in total. The van der Waals surface area contributed by atoms with Crippen molar-refractivity contribution in [2.75, 3.05) is 0 Å². The molecule has 0 aromatic carbocycles. The Morgan fingerprint density at radius 1 is 0.406 bits per heavy atom. The van der Waals surface area contributed by atoms with Gasteiger partial charge in [-0.15, -0.1) is 0 Å². The van der Waals surface area contributed by atoms with Gasteiger partial charge < -0.3 is 21.2 Å². The van der Waals surface area contributed by atoms with Crippen molar-refractivity contribution in [2.24, 2.45) is 57.2 Å². The van der Waals surface area contributed by atoms with Crippen LogP contribution in [-0.2, 0) is 0 Å². The summed E-state index contributed by atoms with van der Waals surface area (Å²) in [5, 5.41) is 22.8. The molecular formula is C28H58O4. The first-order chi connectivity index (χ1) is 13.2. The van der Waals surface area contributed by atoms with Crippen LogP contribution >= 0.6 is 0 Å². The van der Waals surface area contributed by atoms with Gasteiger partial charge in [-0.05, 0) is 82.9 Å². The molecule has 194 valence electrons. The molecule has 4 heteroatoms. The van der Waals surface area contributed by atoms with E-state index in [1.54, 1.807) is 0 Å². The van der Waals surface area contributed by atoms with Crippen LogP contribution in [0.15, 0.2) is 0 Å². The second-order valence-electron chi connectivity index (χ2n) is 15.3. The first-order valence-electron chi connectivity index (χ1n) is 12.6. The standard InChI is InChI=1S/C28H54O2.2H2O/c1-25(2,3)19-13-17(14-20(23(19)29)26(4,5)6)18-15-21(27(7,8)9)24(30)22(16-18)28(10,11)12;;/h17-24,29-30H,13-16H2,1-12H3;2*1H2. The number of rotatable bonds is 1. The molecule has 4 unspecified atom stereocenters. The fourth-order valence-corrected chi connectivity index (χ4v) is 6.85. The van der Waals surface area contributed by atoms with Gasteiger partial charge in [0.25, 0.3) is 0 Å². The largest absolute Gasteiger partial charge is 0.412 e. The summed E-state index contributed by atoms with van der Waals surface area (Å²) in [6.45, 7) is 27.7. The SMILES string of the molecule is CC(C)(C)C1CC(C2CC(C(C)(C)C)C(O)C(C(C)(C)C)C2)CC(C(C)(C)C)C1O.O.O. The number of aliphatic hydroxyl groups is 2. The van der Waals surface area contributed by atoms with Crippen LogP contribution in [0, 0.1) is 57.2 Å². The summed E-state index contributed by atoms with van der Waals surface area (Å²) in [6, 6.07) is 0. The van der Waals surface area contributed by atoms with Gasteiger partial charge in [-0.3, -0.25) is 0 Å². The lowest BCUT2D eigenvalue weighted by Gasteiger charge is -2.55. The average Bonchev–Trinajstić information content (AvgIpc) is 2.50. The first-order valence-corrected chi connectivity index (χ1v) is 12.6. The van der Waals surface area contributed by atoms with E-state index in [0.717, 1.165) is 25.7 Å². The zero-order chi connectivity index (χ0) is 23.4. The molecule has 0 aromatic rings. The molecule has 2 aliphatic carbocycles. The summed E-state index contributed by atoms with van der Waals surface area (Å²) in [4.78, 5) is 0. The normalized spacial score (nSPS) is 37.3. The van der Waals surface area contributed by atoms with Crippen LogP contribution in [0.3, 0.4) is 0 Å². The molecule has 0 amide bonds. The summed E-state index contributed by atoms with van der Waals surface area (Å²) in [5.74, 6) is 2.65. The van der Waals surface area contributed by atoms with Crippen LogP contribution in [0.5, 0.6) is 0 Å². The fraction of sp³-hybridized carbons (Fsp3) is 1.00. The van der Waals surface area contributed by atoms with E-state index in [9.17, 15) is 10.2 Å². The van der Waals surface area contributed by atoms with Crippen LogP contribution in [0.25, 0.3) is 0 Å². The maximum atomic E-state index is 11.4. The maximum Gasteiger partial charge on any atom is 0.0606 e. The van der Waals surface area contributed by atoms with E-state index in [1.165, 1.54) is 0 Å². The molecule has 0 heterocycles. The summed E-state index contributed by atoms with van der Waals surface area (Å²) < 4.78 is 0. The van der Waals surface area contributed by atoms with Gasteiger partial charge in [-0.2, -0.15) is 0 Å². The topological polar surface area (TPSA) is 103 Å². The highest BCUT2D eigenvalue weighted by Gasteiger charge is 2.52. The molecule has 0 bridgehead atoms. The highest BCUT2D eigenvalue weighted by molar-refractivity contribution is 5.01. The van der Waals surface area contributed by atoms with Crippen LogP contribution in [0.4, 0.5) is 0 Å². The molecule has 2 saturated carbocycles. The Balaban J connectivity index is 0.00000480. The minimum Gasteiger partial charge on any atom is -0.412 e. The Kier molecular flexibility index (Phi) is 10.2. The Labute approximate surface area is 199 Å². The van der Waals surface area contributed by atoms with E-state index in [-0.39, 0.29) is 44.8 Å². The molecule has 2 aliphatic rings. The van der Waals surface area contributed by atoms with Gasteiger partial charge in [0.05, 0.1) is 12.2 Å². The van der Waals surface area contributed by atoms with E-state index >= 15 is 0 Å². The molecule has 0 saturated heterocycles. The van der Waals surface area contributed by atoms with Crippen molar-refractivity contribution < 1.29 is 21.2 Å². The maximum absolute atomic E-state index is 11.4. The molecule has 32 heavy (non-hydrogen) atoms. The zero-order valence-electron chi connectivity index (χ0n) is 23.3. The Morgan fingerprint density at radius 2 is 0.562 bits per heavy atom. The lowest BCUT2D eigenvalue weighted by Crippen LogP contribution is -2.52. The second-order valence-corrected chi connectivity index (χ2v) is 15.3. The van der Waals surface area contributed by atoms with Gasteiger partial charge in [0.15, 0.2) is 0 Å². The van der Waals surface area contributed by atoms with E-state index < -0.39 is 0 Å². The van der Waals surface area contributed by atoms with Gasteiger partial charge in [0, 0.05) is 0 Å². The third-order valence-electron chi connectivity index (χ3n) is 8.99. The highest BCUT2D eigenvalue weighted by atomic mass is 16.3. The lowest BCUT2D eigenvalue weighted by molar-refractivity contribution is -0.124. The van der Waals surface area contributed by atoms with Gasteiger partial charge in [-0.1, -0.05) is 83.1 Å². The molecule has 4 nitrogen and oxygen atoms in total. The van der Waals surface area contributed by atoms with Crippen molar-refractivity contribution in [2.45, 2.75) is 121 Å². The Bertz CT molecular complexity index is 472. The number of hydrogen-bond acceptors (Lipinski definition) is 2. The second kappa shape index (κ2) is 10.2. The van der Waals surface area contributed by atoms with E-state index in [1.807, 2.05) is 0 Å². The van der Waals surface area contributed by atoms with Gasteiger partial charge >= 0.3 is 0 Å². The van der Waals surface area contributed by atoms with Crippen molar-refractivity contribution in [3.05, 3.63) is 0 Å². The zero-order valence-corrected chi connectivity index (χ0v) is 23.3. The molecule has 0 aliphatic heterocycles. The molecule has 0 aromatic heterocycles. The highest BCUT2D eigenvalue weighted by Crippen LogP contribution is 2.56. The predicted octanol–water partition coefficient (Wildman–Crippen LogP) is 5.53. The average molecular weight is 459 g/mol. The van der Waals surface area contributed by atoms with Crippen molar-refractivity contribution in [1.29, 1.82) is 0 Å². The Hall–Kier alpha value is -0.160. The van der Waals surface area contributed by atoms with E-state index in [2.05, 4.69) is 83.1 Å². The Morgan fingerprint density at radius 3 is 0.688 bits per heavy atom. The number of aliphatic hydroxyl groups excluding tert-OH is 2. The summed E-state index contributed by atoms with van der Waals surface area (Å²) in [5.41, 5.74) is 0.455. The monoisotopic (exact) mass is 458 g/mol. The quantitative estimate of drug-likeness (QED) is 0.539. The van der Waals surface area contributed by atoms with Gasteiger partial charge in [0.2, 0.25) is 0 Å². The van der Waals surface area contributed by atoms with Crippen molar-refractivity contribution in [1.82, 2.24) is 0 Å². The van der Waals surface area contributed by atoms with Crippen LogP contribution in [0.1, 0.15) is 109 Å². The van der Waals surface area contributed by atoms with Crippen molar-refractivity contribution in [3.8, 4) is 0 Å². The van der Waals surface area contributed by atoms with E-state index in [0.29, 0.717) is 35.5 Å². The van der Waals surface area contributed by atoms with Crippen LogP contribution in [0.2, 0.25) is 0 Å². The minimum absolute atomic E-state index is 0. The van der Waals surface area contributed by atoms with E-state index in [4.69, 9.17) is 0 Å². The molecule has 0 spiro atoms.